The van der Waals surface area contributed by atoms with Crippen LogP contribution in [0.3, 0.4) is 0 Å². The molecular weight excluding hydrogens is 378 g/mol. The molecule has 0 saturated carbocycles. The van der Waals surface area contributed by atoms with Gasteiger partial charge in [0.15, 0.2) is 6.61 Å². The van der Waals surface area contributed by atoms with E-state index in [2.05, 4.69) is 5.32 Å². The Morgan fingerprint density at radius 3 is 2.73 bits per heavy atom. The molecule has 138 valence electrons. The van der Waals surface area contributed by atoms with E-state index in [9.17, 15) is 14.4 Å². The normalized spacial score (nSPS) is 10.2. The van der Waals surface area contributed by atoms with Gasteiger partial charge in [0.2, 0.25) is 0 Å². The lowest BCUT2D eigenvalue weighted by Crippen LogP contribution is -2.33. The molecule has 1 aromatic heterocycles. The number of hydrogen-bond acceptors (Lipinski definition) is 6. The standard InChI is InChI=1S/C18H18ClNO5S/c1-12-10-13(6-7-14(12)19)24-8-2-5-17(22)25-11-16(21)20-18(23)15-4-3-9-26-15/h3-4,6-7,9-10H,2,5,8,11H2,1H3,(H,20,21,23). The van der Waals surface area contributed by atoms with Crippen LogP contribution in [0.1, 0.15) is 28.1 Å². The molecule has 1 N–H and O–H groups in total. The van der Waals surface area contributed by atoms with Crippen molar-refractivity contribution in [2.24, 2.45) is 0 Å². The van der Waals surface area contributed by atoms with Crippen molar-refractivity contribution in [1.29, 1.82) is 0 Å². The van der Waals surface area contributed by atoms with Crippen LogP contribution in [0.4, 0.5) is 0 Å². The van der Waals surface area contributed by atoms with E-state index >= 15 is 0 Å². The van der Waals surface area contributed by atoms with E-state index in [1.165, 1.54) is 11.3 Å². The van der Waals surface area contributed by atoms with Crippen molar-refractivity contribution in [3.05, 3.63) is 51.2 Å². The maximum atomic E-state index is 11.7. The van der Waals surface area contributed by atoms with E-state index in [4.69, 9.17) is 21.1 Å². The van der Waals surface area contributed by atoms with Crippen LogP contribution >= 0.6 is 22.9 Å². The van der Waals surface area contributed by atoms with Crippen molar-refractivity contribution in [3.63, 3.8) is 0 Å². The van der Waals surface area contributed by atoms with Gasteiger partial charge in [0.1, 0.15) is 5.75 Å². The summed E-state index contributed by atoms with van der Waals surface area (Å²) < 4.78 is 10.4. The van der Waals surface area contributed by atoms with Gasteiger partial charge >= 0.3 is 5.97 Å². The first-order valence-corrected chi connectivity index (χ1v) is 9.13. The number of ether oxygens (including phenoxy) is 2. The highest BCUT2D eigenvalue weighted by molar-refractivity contribution is 7.12. The average Bonchev–Trinajstić information content (AvgIpc) is 3.14. The fourth-order valence-electron chi connectivity index (χ4n) is 1.96. The topological polar surface area (TPSA) is 81.7 Å². The average molecular weight is 396 g/mol. The molecule has 2 aromatic rings. The Kier molecular flexibility index (Phi) is 7.62. The van der Waals surface area contributed by atoms with Crippen LogP contribution in [-0.2, 0) is 14.3 Å². The molecular formula is C18H18ClNO5S. The second-order valence-corrected chi connectivity index (χ2v) is 6.73. The third-order valence-electron chi connectivity index (χ3n) is 3.29. The third-order valence-corrected chi connectivity index (χ3v) is 4.58. The summed E-state index contributed by atoms with van der Waals surface area (Å²) in [5.41, 5.74) is 0.909. The zero-order valence-electron chi connectivity index (χ0n) is 14.1. The van der Waals surface area contributed by atoms with Crippen LogP contribution in [0.2, 0.25) is 5.02 Å². The van der Waals surface area contributed by atoms with Gasteiger partial charge in [-0.15, -0.1) is 11.3 Å². The predicted molar refractivity (Wildman–Crippen MR) is 98.7 cm³/mol. The summed E-state index contributed by atoms with van der Waals surface area (Å²) in [5.74, 6) is -1.02. The first-order chi connectivity index (χ1) is 12.5. The van der Waals surface area contributed by atoms with Gasteiger partial charge in [-0.2, -0.15) is 0 Å². The van der Waals surface area contributed by atoms with Gasteiger partial charge in [0.05, 0.1) is 11.5 Å². The second kappa shape index (κ2) is 9.94. The van der Waals surface area contributed by atoms with Gasteiger partial charge in [0.25, 0.3) is 11.8 Å². The molecule has 1 aromatic carbocycles. The summed E-state index contributed by atoms with van der Waals surface area (Å²) in [6.45, 7) is 1.72. The third kappa shape index (κ3) is 6.50. The molecule has 0 spiro atoms. The summed E-state index contributed by atoms with van der Waals surface area (Å²) in [7, 11) is 0. The molecule has 0 unspecified atom stereocenters. The van der Waals surface area contributed by atoms with E-state index in [1.54, 1.807) is 29.6 Å². The highest BCUT2D eigenvalue weighted by Crippen LogP contribution is 2.21. The Balaban J connectivity index is 1.60. The van der Waals surface area contributed by atoms with Crippen molar-refractivity contribution in [2.75, 3.05) is 13.2 Å². The number of rotatable bonds is 8. The molecule has 0 radical (unpaired) electrons. The molecule has 0 aliphatic rings. The van der Waals surface area contributed by atoms with Crippen molar-refractivity contribution in [3.8, 4) is 5.75 Å². The summed E-state index contributed by atoms with van der Waals surface area (Å²) in [6.07, 6.45) is 0.551. The lowest BCUT2D eigenvalue weighted by Gasteiger charge is -2.08. The van der Waals surface area contributed by atoms with E-state index in [0.29, 0.717) is 28.7 Å². The maximum absolute atomic E-state index is 11.7. The quantitative estimate of drug-likeness (QED) is 0.547. The molecule has 2 amide bonds. The lowest BCUT2D eigenvalue weighted by atomic mass is 10.2. The lowest BCUT2D eigenvalue weighted by molar-refractivity contribution is -0.148. The minimum Gasteiger partial charge on any atom is -0.494 e. The molecule has 0 aliphatic carbocycles. The van der Waals surface area contributed by atoms with Crippen LogP contribution in [-0.4, -0.2) is 31.0 Å². The number of imide groups is 1. The number of hydrogen-bond donors (Lipinski definition) is 1. The Morgan fingerprint density at radius 1 is 1.23 bits per heavy atom. The van der Waals surface area contributed by atoms with Gasteiger partial charge in [-0.3, -0.25) is 19.7 Å². The Bertz CT molecular complexity index is 776. The Labute approximate surface area is 160 Å². The fraction of sp³-hybridized carbons (Fsp3) is 0.278. The van der Waals surface area contributed by atoms with Crippen LogP contribution in [0.15, 0.2) is 35.7 Å². The monoisotopic (exact) mass is 395 g/mol. The van der Waals surface area contributed by atoms with Crippen molar-refractivity contribution >= 4 is 40.7 Å². The predicted octanol–water partition coefficient (Wildman–Crippen LogP) is 3.37. The number of halogens is 1. The molecule has 0 bridgehead atoms. The largest absolute Gasteiger partial charge is 0.494 e. The van der Waals surface area contributed by atoms with E-state index in [1.807, 2.05) is 13.0 Å². The van der Waals surface area contributed by atoms with Gasteiger partial charge in [-0.05, 0) is 48.6 Å². The fourth-order valence-corrected chi connectivity index (χ4v) is 2.70. The second-order valence-electron chi connectivity index (χ2n) is 5.38. The Hall–Kier alpha value is -2.38. The first-order valence-electron chi connectivity index (χ1n) is 7.88. The SMILES string of the molecule is Cc1cc(OCCCC(=O)OCC(=O)NC(=O)c2cccs2)ccc1Cl. The number of amides is 2. The molecule has 2 rings (SSSR count). The molecule has 0 atom stereocenters. The first kappa shape index (κ1) is 19.9. The highest BCUT2D eigenvalue weighted by Gasteiger charge is 2.13. The number of benzene rings is 1. The van der Waals surface area contributed by atoms with Crippen LogP contribution in [0.5, 0.6) is 5.75 Å². The van der Waals surface area contributed by atoms with Gasteiger partial charge < -0.3 is 9.47 Å². The van der Waals surface area contributed by atoms with Crippen molar-refractivity contribution < 1.29 is 23.9 Å². The number of carbonyl (C=O) groups excluding carboxylic acids is 3. The van der Waals surface area contributed by atoms with E-state index in [-0.39, 0.29) is 6.42 Å². The molecule has 1 heterocycles. The van der Waals surface area contributed by atoms with Crippen LogP contribution in [0.25, 0.3) is 0 Å². The molecule has 0 fully saturated rings. The Morgan fingerprint density at radius 2 is 2.04 bits per heavy atom. The number of nitrogens with one attached hydrogen (secondary N) is 1. The highest BCUT2D eigenvalue weighted by atomic mass is 35.5. The summed E-state index contributed by atoms with van der Waals surface area (Å²) >= 11 is 7.15. The summed E-state index contributed by atoms with van der Waals surface area (Å²) in [4.78, 5) is 35.3. The van der Waals surface area contributed by atoms with E-state index in [0.717, 1.165) is 5.56 Å². The molecule has 6 nitrogen and oxygen atoms in total. The number of thiophene rings is 1. The minimum absolute atomic E-state index is 0.110. The molecule has 0 saturated heterocycles. The summed E-state index contributed by atoms with van der Waals surface area (Å²) in [6, 6.07) is 8.62. The molecule has 0 aliphatic heterocycles. The number of aryl methyl sites for hydroxylation is 1. The van der Waals surface area contributed by atoms with E-state index < -0.39 is 24.4 Å². The minimum atomic E-state index is -0.662. The number of esters is 1. The number of carbonyl (C=O) groups is 3. The molecule has 8 heteroatoms. The van der Waals surface area contributed by atoms with Crippen LogP contribution in [0, 0.1) is 6.92 Å². The smallest absolute Gasteiger partial charge is 0.306 e. The van der Waals surface area contributed by atoms with Crippen molar-refractivity contribution in [1.82, 2.24) is 5.32 Å². The zero-order valence-corrected chi connectivity index (χ0v) is 15.7. The summed E-state index contributed by atoms with van der Waals surface area (Å²) in [5, 5.41) is 4.55. The maximum Gasteiger partial charge on any atom is 0.306 e. The van der Waals surface area contributed by atoms with Crippen LogP contribution < -0.4 is 10.1 Å². The van der Waals surface area contributed by atoms with Gasteiger partial charge in [0, 0.05) is 11.4 Å². The zero-order chi connectivity index (χ0) is 18.9. The van der Waals surface area contributed by atoms with Gasteiger partial charge in [-0.25, -0.2) is 0 Å². The van der Waals surface area contributed by atoms with Crippen molar-refractivity contribution in [2.45, 2.75) is 19.8 Å². The molecule has 26 heavy (non-hydrogen) atoms. The van der Waals surface area contributed by atoms with Gasteiger partial charge in [-0.1, -0.05) is 17.7 Å².